The van der Waals surface area contributed by atoms with Gasteiger partial charge in [0.15, 0.2) is 0 Å². The van der Waals surface area contributed by atoms with Crippen molar-refractivity contribution in [3.8, 4) is 0 Å². The minimum atomic E-state index is -4.92. The summed E-state index contributed by atoms with van der Waals surface area (Å²) in [6.45, 7) is 0. The first-order valence-electron chi connectivity index (χ1n) is 3.30. The molecule has 0 aliphatic heterocycles. The van der Waals surface area contributed by atoms with Crippen molar-refractivity contribution in [3.05, 3.63) is 28.4 Å². The Kier molecular flexibility index (Phi) is 4.57. The van der Waals surface area contributed by atoms with E-state index in [9.17, 15) is 10.1 Å². The van der Waals surface area contributed by atoms with Crippen molar-refractivity contribution in [2.75, 3.05) is 5.73 Å². The highest BCUT2D eigenvalue weighted by molar-refractivity contribution is 7.79. The summed E-state index contributed by atoms with van der Waals surface area (Å²) in [4.78, 5) is 12.1. The fourth-order valence-electron chi connectivity index (χ4n) is 0.600. The quantitative estimate of drug-likeness (QED) is 0.274. The van der Waals surface area contributed by atoms with Crippen molar-refractivity contribution < 1.29 is 27.4 Å². The largest absolute Gasteiger partial charge is 0.726 e. The van der Waals surface area contributed by atoms with Gasteiger partial charge >= 0.3 is 11.5 Å². The minimum absolute atomic E-state index is 0.0764. The number of pyridine rings is 1. The highest BCUT2D eigenvalue weighted by Gasteiger charge is 2.14. The molecule has 9 nitrogen and oxygen atoms in total. The highest BCUT2D eigenvalue weighted by Crippen LogP contribution is 2.12. The first-order valence-corrected chi connectivity index (χ1v) is 4.67. The van der Waals surface area contributed by atoms with Gasteiger partial charge in [-0.2, -0.15) is 0 Å². The van der Waals surface area contributed by atoms with E-state index in [4.69, 9.17) is 23.3 Å². The van der Waals surface area contributed by atoms with Crippen LogP contribution in [-0.2, 0) is 10.4 Å². The number of hydrogen-bond acceptors (Lipinski definition) is 6. The maximum atomic E-state index is 10.1. The number of nitrogen functional groups attached to an aromatic ring is 1. The van der Waals surface area contributed by atoms with Crippen molar-refractivity contribution in [1.29, 1.82) is 0 Å². The lowest BCUT2D eigenvalue weighted by atomic mass is 10.4. The molecule has 1 rings (SSSR count). The van der Waals surface area contributed by atoms with Crippen molar-refractivity contribution in [1.82, 2.24) is 0 Å². The van der Waals surface area contributed by atoms with E-state index in [1.54, 1.807) is 0 Å². The zero-order valence-corrected chi connectivity index (χ0v) is 7.97. The van der Waals surface area contributed by atoms with Gasteiger partial charge in [0.25, 0.3) is 0 Å². The van der Waals surface area contributed by atoms with Crippen LogP contribution in [0.2, 0.25) is 0 Å². The third-order valence-corrected chi connectivity index (χ3v) is 1.06. The first kappa shape index (κ1) is 13.2. The molecule has 0 aromatic carbocycles. The number of nitrogens with two attached hydrogens (primary N) is 1. The van der Waals surface area contributed by atoms with Crippen molar-refractivity contribution in [3.63, 3.8) is 0 Å². The van der Waals surface area contributed by atoms with Gasteiger partial charge < -0.3 is 4.55 Å². The predicted molar refractivity (Wildman–Crippen MR) is 46.4 cm³/mol. The number of hydrogen-bond donors (Lipinski definition) is 2. The molecule has 1 heterocycles. The molecule has 0 amide bonds. The summed E-state index contributed by atoms with van der Waals surface area (Å²) in [5.74, 6) is 0.0764. The molecule has 4 N–H and O–H groups in total. The lowest BCUT2D eigenvalue weighted by Gasteiger charge is -1.88. The molecule has 0 atom stereocenters. The standard InChI is InChI=1S/C5H5N3O2.H2O4S/c6-5-4(8(9)10)2-1-3-7-5;1-5(2,3)4/h1-3H,(H2,6,7);(H2,1,2,3,4). The third-order valence-electron chi connectivity index (χ3n) is 1.06. The summed E-state index contributed by atoms with van der Waals surface area (Å²) < 4.78 is 32.8. The van der Waals surface area contributed by atoms with E-state index in [0.717, 1.165) is 0 Å². The van der Waals surface area contributed by atoms with Crippen molar-refractivity contribution in [2.24, 2.45) is 0 Å². The number of aromatic nitrogens is 1. The van der Waals surface area contributed by atoms with Crippen LogP contribution in [0, 0.1) is 10.1 Å². The number of H-pyrrole nitrogens is 1. The van der Waals surface area contributed by atoms with Crippen LogP contribution < -0.4 is 10.7 Å². The van der Waals surface area contributed by atoms with Gasteiger partial charge in [-0.25, -0.2) is 13.4 Å². The second kappa shape index (κ2) is 5.19. The molecule has 10 heteroatoms. The molecule has 84 valence electrons. The van der Waals surface area contributed by atoms with E-state index in [2.05, 4.69) is 4.98 Å². The first-order chi connectivity index (χ1) is 6.72. The maximum Gasteiger partial charge on any atom is 0.357 e. The summed E-state index contributed by atoms with van der Waals surface area (Å²) in [5.41, 5.74) is 5.13. The minimum Gasteiger partial charge on any atom is -0.726 e. The fraction of sp³-hybridized carbons (Fsp3) is 0. The van der Waals surface area contributed by atoms with Crippen LogP contribution in [0.15, 0.2) is 18.3 Å². The lowest BCUT2D eigenvalue weighted by Crippen LogP contribution is -2.11. The molecule has 0 unspecified atom stereocenters. The number of nitrogens with one attached hydrogen (secondary N) is 1. The van der Waals surface area contributed by atoms with E-state index >= 15 is 0 Å². The fourth-order valence-corrected chi connectivity index (χ4v) is 0.600. The summed E-state index contributed by atoms with van der Waals surface area (Å²) in [6, 6.07) is 2.86. The van der Waals surface area contributed by atoms with Gasteiger partial charge in [0.2, 0.25) is 10.4 Å². The number of rotatable bonds is 1. The number of anilines is 1. The van der Waals surface area contributed by atoms with Crippen LogP contribution in [0.1, 0.15) is 0 Å². The van der Waals surface area contributed by atoms with Gasteiger partial charge in [-0.3, -0.25) is 20.4 Å². The Morgan fingerprint density at radius 1 is 1.53 bits per heavy atom. The summed E-state index contributed by atoms with van der Waals surface area (Å²) in [6.07, 6.45) is 1.53. The van der Waals surface area contributed by atoms with Crippen LogP contribution in [0.3, 0.4) is 0 Å². The average Bonchev–Trinajstić information content (AvgIpc) is 2.01. The van der Waals surface area contributed by atoms with Crippen LogP contribution in [0.4, 0.5) is 11.5 Å². The van der Waals surface area contributed by atoms with Crippen molar-refractivity contribution >= 4 is 21.9 Å². The van der Waals surface area contributed by atoms with Crippen LogP contribution >= 0.6 is 0 Å². The predicted octanol–water partition coefficient (Wildman–Crippen LogP) is -1.00. The average molecular weight is 237 g/mol. The van der Waals surface area contributed by atoms with Crippen LogP contribution in [0.5, 0.6) is 0 Å². The number of aromatic amines is 1. The van der Waals surface area contributed by atoms with E-state index < -0.39 is 15.3 Å². The topological polar surface area (TPSA) is 161 Å². The lowest BCUT2D eigenvalue weighted by molar-refractivity contribution is -0.409. The molecule has 0 saturated carbocycles. The van der Waals surface area contributed by atoms with Gasteiger partial charge in [-0.05, 0) is 6.07 Å². The molecule has 0 spiro atoms. The van der Waals surface area contributed by atoms with E-state index in [1.807, 2.05) is 0 Å². The van der Waals surface area contributed by atoms with Gasteiger partial charge in [-0.15, -0.1) is 0 Å². The summed E-state index contributed by atoms with van der Waals surface area (Å²) in [7, 11) is -4.92. The van der Waals surface area contributed by atoms with Gasteiger partial charge in [-0.1, -0.05) is 0 Å². The second-order valence-electron chi connectivity index (χ2n) is 2.15. The molecular formula is C5H7N3O6S. The Morgan fingerprint density at radius 2 is 2.00 bits per heavy atom. The highest BCUT2D eigenvalue weighted by atomic mass is 32.3. The van der Waals surface area contributed by atoms with Crippen molar-refractivity contribution in [2.45, 2.75) is 0 Å². The Morgan fingerprint density at radius 3 is 2.27 bits per heavy atom. The molecule has 1 aromatic rings. The zero-order chi connectivity index (χ0) is 12.1. The van der Waals surface area contributed by atoms with Gasteiger partial charge in [0, 0.05) is 6.07 Å². The van der Waals surface area contributed by atoms with Crippen LogP contribution in [0.25, 0.3) is 0 Å². The molecule has 1 aromatic heterocycles. The third kappa shape index (κ3) is 7.30. The molecular weight excluding hydrogens is 230 g/mol. The van der Waals surface area contributed by atoms with E-state index in [-0.39, 0.29) is 11.5 Å². The summed E-state index contributed by atoms with van der Waals surface area (Å²) >= 11 is 0. The Balaban J connectivity index is 0.000000336. The molecule has 0 saturated heterocycles. The monoisotopic (exact) mass is 237 g/mol. The smallest absolute Gasteiger partial charge is 0.357 e. The number of nitrogens with zero attached hydrogens (tertiary/aromatic N) is 1. The van der Waals surface area contributed by atoms with Gasteiger partial charge in [0.05, 0.1) is 11.1 Å². The summed E-state index contributed by atoms with van der Waals surface area (Å²) in [5, 5.41) is 10.1. The Labute approximate surface area is 84.3 Å². The van der Waals surface area contributed by atoms with Gasteiger partial charge in [0.1, 0.15) is 0 Å². The Bertz CT molecular complexity index is 436. The van der Waals surface area contributed by atoms with E-state index in [1.165, 1.54) is 18.3 Å². The molecule has 0 aliphatic carbocycles. The molecule has 0 fully saturated rings. The van der Waals surface area contributed by atoms with Crippen LogP contribution in [-0.4, -0.2) is 22.4 Å². The normalized spacial score (nSPS) is 10.0. The molecule has 15 heavy (non-hydrogen) atoms. The zero-order valence-electron chi connectivity index (χ0n) is 7.15. The Hall–Kier alpha value is -1.78. The number of nitro groups is 1. The maximum absolute atomic E-state index is 10.1. The SMILES string of the molecule is Nc1[nH+]cccc1[N+](=O)[O-].O=S(=O)([O-])O. The molecule has 0 radical (unpaired) electrons. The van der Waals surface area contributed by atoms with E-state index in [0.29, 0.717) is 0 Å². The molecule has 0 bridgehead atoms. The second-order valence-corrected chi connectivity index (χ2v) is 3.01. The molecule has 0 aliphatic rings.